The summed E-state index contributed by atoms with van der Waals surface area (Å²) in [5.41, 5.74) is 0. The van der Waals surface area contributed by atoms with Crippen LogP contribution >= 0.6 is 0 Å². The molecule has 0 aliphatic carbocycles. The fourth-order valence-electron chi connectivity index (χ4n) is 6.48. The van der Waals surface area contributed by atoms with Gasteiger partial charge in [-0.05, 0) is 6.92 Å². The molecule has 11 N–H and O–H groups in total. The minimum atomic E-state index is -2.16. The summed E-state index contributed by atoms with van der Waals surface area (Å²) in [6, 6.07) is -2.67. The van der Waals surface area contributed by atoms with E-state index in [1.807, 2.05) is 0 Å². The Bertz CT molecular complexity index is 1180. The Kier molecular flexibility index (Phi) is 14.4. The average Bonchev–Trinajstić information content (AvgIpc) is 3.07. The number of methoxy groups -OCH3 is 1. The lowest BCUT2D eigenvalue weighted by atomic mass is 9.92. The molecule has 4 heterocycles. The van der Waals surface area contributed by atoms with Crippen molar-refractivity contribution < 1.29 is 98.2 Å². The normalized spacial score (nSPS) is 46.2. The van der Waals surface area contributed by atoms with Crippen molar-refractivity contribution in [1.29, 1.82) is 0 Å². The molecule has 7 unspecified atom stereocenters. The number of carbonyl (C=O) groups is 3. The van der Waals surface area contributed by atoms with Crippen molar-refractivity contribution in [2.75, 3.05) is 26.9 Å². The Labute approximate surface area is 291 Å². The summed E-state index contributed by atoms with van der Waals surface area (Å²) in [7, 11) is 1.27. The van der Waals surface area contributed by atoms with Crippen LogP contribution in [0.25, 0.3) is 0 Å². The lowest BCUT2D eigenvalue weighted by Crippen LogP contribution is -2.70. The van der Waals surface area contributed by atoms with Crippen LogP contribution in [0.4, 0.5) is 0 Å². The van der Waals surface area contributed by atoms with Gasteiger partial charge in [-0.2, -0.15) is 0 Å². The Morgan fingerprint density at radius 2 is 1.18 bits per heavy atom. The number of aliphatic hydroxyl groups is 8. The van der Waals surface area contributed by atoms with E-state index in [1.165, 1.54) is 21.0 Å². The van der Waals surface area contributed by atoms with Crippen LogP contribution in [0.1, 0.15) is 20.8 Å². The van der Waals surface area contributed by atoms with E-state index in [2.05, 4.69) is 10.6 Å². The molecular weight excluding hydrogens is 696 g/mol. The molecule has 4 aliphatic heterocycles. The molecule has 0 aromatic heterocycles. The van der Waals surface area contributed by atoms with Gasteiger partial charge in [0.25, 0.3) is 0 Å². The van der Waals surface area contributed by atoms with Gasteiger partial charge in [0.05, 0.1) is 32.0 Å². The molecule has 4 fully saturated rings. The zero-order valence-electron chi connectivity index (χ0n) is 28.1. The van der Waals surface area contributed by atoms with Gasteiger partial charge in [0.1, 0.15) is 79.3 Å². The number of carboxylic acids is 1. The number of aliphatic hydroxyl groups excluding tert-OH is 8. The van der Waals surface area contributed by atoms with E-state index < -0.39 is 147 Å². The number of carbonyl (C=O) groups excluding carboxylic acids is 2. The molecule has 0 saturated carbocycles. The number of amides is 2. The molecule has 2 amide bonds. The molecule has 19 atom stereocenters. The molecule has 22 heteroatoms. The Balaban J connectivity index is 1.59. The summed E-state index contributed by atoms with van der Waals surface area (Å²) < 4.78 is 44.6. The molecule has 0 radical (unpaired) electrons. The monoisotopic (exact) mass is 744 g/mol. The summed E-state index contributed by atoms with van der Waals surface area (Å²) in [4.78, 5) is 36.7. The van der Waals surface area contributed by atoms with Gasteiger partial charge in [0.15, 0.2) is 25.0 Å². The Morgan fingerprint density at radius 3 is 1.73 bits per heavy atom. The molecular formula is C29H48N2O20. The van der Waals surface area contributed by atoms with Gasteiger partial charge >= 0.3 is 5.97 Å². The highest BCUT2D eigenvalue weighted by molar-refractivity contribution is 5.74. The van der Waals surface area contributed by atoms with E-state index in [-0.39, 0.29) is 6.61 Å². The van der Waals surface area contributed by atoms with Gasteiger partial charge in [-0.3, -0.25) is 9.59 Å². The van der Waals surface area contributed by atoms with Crippen LogP contribution < -0.4 is 10.6 Å². The molecule has 22 nitrogen and oxygen atoms in total. The number of carboxylic acid groups (broad SMARTS) is 1. The van der Waals surface area contributed by atoms with E-state index >= 15 is 0 Å². The van der Waals surface area contributed by atoms with Crippen LogP contribution in [0.5, 0.6) is 0 Å². The van der Waals surface area contributed by atoms with Crippen molar-refractivity contribution in [2.24, 2.45) is 0 Å². The number of hydrogen-bond acceptors (Lipinski definition) is 19. The van der Waals surface area contributed by atoms with Crippen molar-refractivity contribution in [3.8, 4) is 0 Å². The highest BCUT2D eigenvalue weighted by atomic mass is 16.8. The van der Waals surface area contributed by atoms with Gasteiger partial charge in [-0.1, -0.05) is 0 Å². The van der Waals surface area contributed by atoms with Crippen LogP contribution in [0, 0.1) is 0 Å². The van der Waals surface area contributed by atoms with Gasteiger partial charge < -0.3 is 94.5 Å². The quantitative estimate of drug-likeness (QED) is 0.0884. The highest BCUT2D eigenvalue weighted by Crippen LogP contribution is 2.34. The van der Waals surface area contributed by atoms with E-state index in [4.69, 9.17) is 37.9 Å². The SMILES string of the molecule is CO[C@@H]1CO[C@@H](OC2[C@@H](O)C(CO)O[C@@H](O[C@@H]3C(C(=O)O)O[C@@H](OC4[C@@H](O)C(CO)O[C@@H](C)[C@H]4NC(C)=O)[C@@H](O)C3O)[C@H]2NC(C)=O)[C@@H](O)C1O. The zero-order valence-corrected chi connectivity index (χ0v) is 28.1. The summed E-state index contributed by atoms with van der Waals surface area (Å²) in [6.07, 6.45) is -28.1. The van der Waals surface area contributed by atoms with Crippen LogP contribution in [0.2, 0.25) is 0 Å². The molecule has 4 saturated heterocycles. The van der Waals surface area contributed by atoms with Crippen LogP contribution in [0.3, 0.4) is 0 Å². The van der Waals surface area contributed by atoms with E-state index in [0.717, 1.165) is 6.92 Å². The summed E-state index contributed by atoms with van der Waals surface area (Å²) in [5, 5.41) is 100. The predicted molar refractivity (Wildman–Crippen MR) is 160 cm³/mol. The van der Waals surface area contributed by atoms with Crippen molar-refractivity contribution in [3.05, 3.63) is 0 Å². The lowest BCUT2D eigenvalue weighted by molar-refractivity contribution is -0.364. The standard InChI is InChI=1S/C29H48N2O20/c1-8-14(30-9(2)34)22(17(37)11(5-32)46-8)49-29-21(41)19(39)24(25(51-29)26(42)43)50-27-15(31-10(3)35)23(18(38)12(6-33)47-27)48-28-20(40)16(36)13(44-4)7-45-28/h8,11-25,27-29,32-33,36-41H,5-7H2,1-4H3,(H,30,34)(H,31,35)(H,42,43)/t8-,11?,12?,13+,14+,15-,16?,17-,18-,19?,20-,21-,22?,23?,24-,25?,27-,28-,29+/m0/s1. The van der Waals surface area contributed by atoms with Crippen LogP contribution in [-0.2, 0) is 52.3 Å². The van der Waals surface area contributed by atoms with Crippen molar-refractivity contribution >= 4 is 17.8 Å². The fourth-order valence-corrected chi connectivity index (χ4v) is 6.48. The second-order valence-electron chi connectivity index (χ2n) is 12.7. The van der Waals surface area contributed by atoms with Gasteiger partial charge in [-0.25, -0.2) is 4.79 Å². The molecule has 0 aromatic carbocycles. The lowest BCUT2D eigenvalue weighted by Gasteiger charge is -2.49. The van der Waals surface area contributed by atoms with E-state index in [1.54, 1.807) is 0 Å². The number of ether oxygens (including phenoxy) is 8. The minimum Gasteiger partial charge on any atom is -0.479 e. The van der Waals surface area contributed by atoms with Crippen molar-refractivity contribution in [3.63, 3.8) is 0 Å². The second-order valence-corrected chi connectivity index (χ2v) is 12.7. The van der Waals surface area contributed by atoms with Crippen LogP contribution in [-0.4, -0.2) is 207 Å². The molecule has 0 aromatic rings. The smallest absolute Gasteiger partial charge is 0.335 e. The molecule has 4 rings (SSSR count). The van der Waals surface area contributed by atoms with Gasteiger partial charge in [0, 0.05) is 21.0 Å². The third-order valence-corrected chi connectivity index (χ3v) is 9.14. The second kappa shape index (κ2) is 17.7. The maximum Gasteiger partial charge on any atom is 0.335 e. The topological polar surface area (TPSA) is 331 Å². The molecule has 0 bridgehead atoms. The average molecular weight is 745 g/mol. The van der Waals surface area contributed by atoms with E-state index in [9.17, 15) is 60.3 Å². The van der Waals surface area contributed by atoms with Crippen molar-refractivity contribution in [2.45, 2.75) is 137 Å². The first-order chi connectivity index (χ1) is 24.0. The molecule has 4 aliphatic rings. The van der Waals surface area contributed by atoms with Gasteiger partial charge in [0.2, 0.25) is 11.8 Å². The van der Waals surface area contributed by atoms with E-state index in [0.29, 0.717) is 0 Å². The minimum absolute atomic E-state index is 0.254. The molecule has 0 spiro atoms. The highest BCUT2D eigenvalue weighted by Gasteiger charge is 2.56. The fraction of sp³-hybridized carbons (Fsp3) is 0.897. The maximum atomic E-state index is 12.5. The number of rotatable bonds is 12. The first-order valence-electron chi connectivity index (χ1n) is 16.2. The maximum absolute atomic E-state index is 12.5. The Hall–Kier alpha value is -2.23. The van der Waals surface area contributed by atoms with Gasteiger partial charge in [-0.15, -0.1) is 0 Å². The first-order valence-corrected chi connectivity index (χ1v) is 16.2. The third-order valence-electron chi connectivity index (χ3n) is 9.14. The predicted octanol–water partition coefficient (Wildman–Crippen LogP) is -7.01. The van der Waals surface area contributed by atoms with Crippen LogP contribution in [0.15, 0.2) is 0 Å². The first kappa shape index (κ1) is 41.5. The zero-order chi connectivity index (χ0) is 37.9. The van der Waals surface area contributed by atoms with Crippen molar-refractivity contribution in [1.82, 2.24) is 10.6 Å². The number of hydrogen-bond donors (Lipinski definition) is 11. The summed E-state index contributed by atoms with van der Waals surface area (Å²) >= 11 is 0. The largest absolute Gasteiger partial charge is 0.479 e. The summed E-state index contributed by atoms with van der Waals surface area (Å²) in [6.45, 7) is 1.95. The Morgan fingerprint density at radius 1 is 0.667 bits per heavy atom. The number of aliphatic carboxylic acids is 1. The third kappa shape index (κ3) is 9.12. The molecule has 294 valence electrons. The molecule has 51 heavy (non-hydrogen) atoms. The number of nitrogens with one attached hydrogen (secondary N) is 2. The summed E-state index contributed by atoms with van der Waals surface area (Å²) in [5.74, 6) is -3.05.